The van der Waals surface area contributed by atoms with E-state index in [-0.39, 0.29) is 40.9 Å². The summed E-state index contributed by atoms with van der Waals surface area (Å²) in [4.78, 5) is 26.9. The Balaban J connectivity index is 1.57. The van der Waals surface area contributed by atoms with Crippen LogP contribution in [-0.4, -0.2) is 24.2 Å². The van der Waals surface area contributed by atoms with E-state index in [1.807, 2.05) is 0 Å². The molecule has 36 heavy (non-hydrogen) atoms. The minimum Gasteiger partial charge on any atom is -0.322 e. The lowest BCUT2D eigenvalue weighted by Gasteiger charge is -2.30. The van der Waals surface area contributed by atoms with Crippen LogP contribution in [0.5, 0.6) is 0 Å². The fourth-order valence-corrected chi connectivity index (χ4v) is 3.99. The summed E-state index contributed by atoms with van der Waals surface area (Å²) in [6.07, 6.45) is -12.5. The standard InChI is InChI=1S/C24H14ClF7N2O2/c25-19-10-9-16(34-12-13-3-1-2-4-17(13)21(34)36)11-18(19)20(35)33-15-7-5-14(6-8-15)22(26,23(27,28)29)24(30,31)32/h1-11H,12H2,(H,33,35). The first-order valence-corrected chi connectivity index (χ1v) is 10.6. The molecule has 0 saturated carbocycles. The summed E-state index contributed by atoms with van der Waals surface area (Å²) in [5.41, 5.74) is -5.95. The molecule has 0 aromatic heterocycles. The highest BCUT2D eigenvalue weighted by molar-refractivity contribution is 6.34. The Labute approximate surface area is 204 Å². The zero-order chi connectivity index (χ0) is 26.5. The number of hydrogen-bond donors (Lipinski definition) is 1. The number of carbonyl (C=O) groups is 2. The van der Waals surface area contributed by atoms with Crippen molar-refractivity contribution in [1.29, 1.82) is 0 Å². The lowest BCUT2D eigenvalue weighted by atomic mass is 9.94. The zero-order valence-corrected chi connectivity index (χ0v) is 18.6. The van der Waals surface area contributed by atoms with Crippen LogP contribution in [-0.2, 0) is 12.2 Å². The molecule has 0 fully saturated rings. The van der Waals surface area contributed by atoms with Gasteiger partial charge in [-0.2, -0.15) is 26.3 Å². The van der Waals surface area contributed by atoms with Crippen molar-refractivity contribution in [2.24, 2.45) is 0 Å². The molecule has 0 atom stereocenters. The highest BCUT2D eigenvalue weighted by atomic mass is 35.5. The number of nitrogens with zero attached hydrogens (tertiary/aromatic N) is 1. The second kappa shape index (κ2) is 8.81. The van der Waals surface area contributed by atoms with Gasteiger partial charge in [0.05, 0.1) is 17.1 Å². The third-order valence-electron chi connectivity index (χ3n) is 5.65. The van der Waals surface area contributed by atoms with Crippen LogP contribution in [0.3, 0.4) is 0 Å². The predicted molar refractivity (Wildman–Crippen MR) is 118 cm³/mol. The highest BCUT2D eigenvalue weighted by Crippen LogP contribution is 2.53. The number of alkyl halides is 7. The van der Waals surface area contributed by atoms with E-state index in [0.717, 1.165) is 5.56 Å². The molecule has 3 aromatic carbocycles. The van der Waals surface area contributed by atoms with Gasteiger partial charge in [0.25, 0.3) is 11.8 Å². The summed E-state index contributed by atoms with van der Waals surface area (Å²) in [7, 11) is 0. The number of carbonyl (C=O) groups excluding carboxylic acids is 2. The van der Waals surface area contributed by atoms with Crippen LogP contribution in [0.15, 0.2) is 66.7 Å². The SMILES string of the molecule is O=C(Nc1ccc(C(F)(C(F)(F)F)C(F)(F)F)cc1)c1cc(N2Cc3ccccc3C2=O)ccc1Cl. The van der Waals surface area contributed by atoms with E-state index in [4.69, 9.17) is 11.6 Å². The minimum absolute atomic E-state index is 0.0195. The average Bonchev–Trinajstić information content (AvgIpc) is 3.14. The second-order valence-corrected chi connectivity index (χ2v) is 8.31. The van der Waals surface area contributed by atoms with Gasteiger partial charge in [-0.15, -0.1) is 0 Å². The lowest BCUT2D eigenvalue weighted by molar-refractivity contribution is -0.348. The van der Waals surface area contributed by atoms with Crippen molar-refractivity contribution in [3.63, 3.8) is 0 Å². The van der Waals surface area contributed by atoms with Gasteiger partial charge >= 0.3 is 18.0 Å². The van der Waals surface area contributed by atoms with Crippen LogP contribution in [0, 0.1) is 0 Å². The summed E-state index contributed by atoms with van der Waals surface area (Å²) < 4.78 is 91.8. The molecule has 1 aliphatic heterocycles. The molecule has 4 rings (SSSR count). The third kappa shape index (κ3) is 4.27. The van der Waals surface area contributed by atoms with Gasteiger partial charge in [0.2, 0.25) is 0 Å². The molecule has 4 nitrogen and oxygen atoms in total. The van der Waals surface area contributed by atoms with Gasteiger partial charge in [-0.25, -0.2) is 4.39 Å². The Kier molecular flexibility index (Phi) is 6.24. The molecular weight excluding hydrogens is 517 g/mol. The summed E-state index contributed by atoms with van der Waals surface area (Å²) in [5.74, 6) is -1.14. The van der Waals surface area contributed by atoms with Crippen molar-refractivity contribution < 1.29 is 40.3 Å². The molecule has 2 amide bonds. The Morgan fingerprint density at radius 1 is 0.861 bits per heavy atom. The van der Waals surface area contributed by atoms with E-state index >= 15 is 0 Å². The van der Waals surface area contributed by atoms with Gasteiger partial charge in [0, 0.05) is 22.5 Å². The molecule has 0 radical (unpaired) electrons. The molecule has 1 aliphatic rings. The third-order valence-corrected chi connectivity index (χ3v) is 5.98. The molecule has 0 aliphatic carbocycles. The van der Waals surface area contributed by atoms with Crippen LogP contribution < -0.4 is 10.2 Å². The van der Waals surface area contributed by atoms with E-state index in [1.165, 1.54) is 23.1 Å². The molecule has 0 bridgehead atoms. The van der Waals surface area contributed by atoms with Crippen LogP contribution in [0.1, 0.15) is 31.8 Å². The number of halogens is 8. The first kappa shape index (κ1) is 25.5. The minimum atomic E-state index is -6.25. The second-order valence-electron chi connectivity index (χ2n) is 7.90. The smallest absolute Gasteiger partial charge is 0.322 e. The predicted octanol–water partition coefficient (Wildman–Crippen LogP) is 7.04. The molecule has 1 heterocycles. The molecular formula is C24H14ClF7N2O2. The maximum absolute atomic E-state index is 14.2. The van der Waals surface area contributed by atoms with Crippen molar-refractivity contribution in [3.8, 4) is 0 Å². The van der Waals surface area contributed by atoms with E-state index in [2.05, 4.69) is 5.32 Å². The normalized spacial score (nSPS) is 14.1. The van der Waals surface area contributed by atoms with Crippen molar-refractivity contribution >= 4 is 34.8 Å². The number of anilines is 2. The van der Waals surface area contributed by atoms with Gasteiger partial charge in [-0.1, -0.05) is 41.9 Å². The van der Waals surface area contributed by atoms with Gasteiger partial charge in [-0.05, 0) is 42.0 Å². The molecule has 12 heteroatoms. The summed E-state index contributed by atoms with van der Waals surface area (Å²) >= 11 is 6.11. The Hall–Kier alpha value is -3.60. The highest BCUT2D eigenvalue weighted by Gasteiger charge is 2.73. The van der Waals surface area contributed by atoms with Crippen LogP contribution in [0.25, 0.3) is 0 Å². The molecule has 0 spiro atoms. The molecule has 0 unspecified atom stereocenters. The van der Waals surface area contributed by atoms with Gasteiger partial charge in [0.1, 0.15) is 0 Å². The first-order valence-electron chi connectivity index (χ1n) is 10.2. The van der Waals surface area contributed by atoms with Gasteiger partial charge in [0.15, 0.2) is 0 Å². The number of rotatable bonds is 4. The fraction of sp³-hybridized carbons (Fsp3) is 0.167. The molecule has 3 aromatic rings. The van der Waals surface area contributed by atoms with Gasteiger partial charge < -0.3 is 10.2 Å². The van der Waals surface area contributed by atoms with Crippen molar-refractivity contribution in [1.82, 2.24) is 0 Å². The Bertz CT molecular complexity index is 1320. The van der Waals surface area contributed by atoms with Crippen LogP contribution >= 0.6 is 11.6 Å². The summed E-state index contributed by atoms with van der Waals surface area (Å²) in [5, 5.41) is 2.27. The first-order chi connectivity index (χ1) is 16.7. The molecule has 0 saturated heterocycles. The number of hydrogen-bond acceptors (Lipinski definition) is 2. The average molecular weight is 531 g/mol. The largest absolute Gasteiger partial charge is 0.435 e. The lowest BCUT2D eigenvalue weighted by Crippen LogP contribution is -2.50. The van der Waals surface area contributed by atoms with E-state index in [1.54, 1.807) is 24.3 Å². The van der Waals surface area contributed by atoms with Crippen LogP contribution in [0.4, 0.5) is 42.1 Å². The molecule has 188 valence electrons. The van der Waals surface area contributed by atoms with Crippen LogP contribution in [0.2, 0.25) is 5.02 Å². The number of fused-ring (bicyclic) bond motifs is 1. The maximum atomic E-state index is 14.2. The number of nitrogens with one attached hydrogen (secondary N) is 1. The Morgan fingerprint density at radius 3 is 2.06 bits per heavy atom. The molecule has 1 N–H and O–H groups in total. The number of benzene rings is 3. The topological polar surface area (TPSA) is 49.4 Å². The van der Waals surface area contributed by atoms with Crippen molar-refractivity contribution in [3.05, 3.63) is 94.0 Å². The van der Waals surface area contributed by atoms with E-state index < -0.39 is 29.5 Å². The van der Waals surface area contributed by atoms with E-state index in [0.29, 0.717) is 23.4 Å². The summed E-state index contributed by atoms with van der Waals surface area (Å²) in [6.45, 7) is 0.253. The Morgan fingerprint density at radius 2 is 1.47 bits per heavy atom. The number of amides is 2. The maximum Gasteiger partial charge on any atom is 0.435 e. The fourth-order valence-electron chi connectivity index (χ4n) is 3.79. The van der Waals surface area contributed by atoms with Gasteiger partial charge in [-0.3, -0.25) is 9.59 Å². The van der Waals surface area contributed by atoms with Crippen molar-refractivity contribution in [2.75, 3.05) is 10.2 Å². The quantitative estimate of drug-likeness (QED) is 0.368. The van der Waals surface area contributed by atoms with Crippen molar-refractivity contribution in [2.45, 2.75) is 24.6 Å². The monoisotopic (exact) mass is 530 g/mol. The zero-order valence-electron chi connectivity index (χ0n) is 17.8. The summed E-state index contributed by atoms with van der Waals surface area (Å²) in [6, 6.07) is 13.1. The van der Waals surface area contributed by atoms with E-state index in [9.17, 15) is 40.3 Å².